The Balaban J connectivity index is 3.47. The first-order valence-electron chi connectivity index (χ1n) is 2.87. The standard InChI is InChI=1S/C8H11F/c1-3-4-5-6-7-8(2)9/h3,5-7H,1,4H2,2H3/b6-5-,8-7+. The lowest BCUT2D eigenvalue weighted by Crippen LogP contribution is -1.57. The van der Waals surface area contributed by atoms with Crippen LogP contribution in [0.3, 0.4) is 0 Å². The van der Waals surface area contributed by atoms with Gasteiger partial charge in [-0.25, -0.2) is 4.39 Å². The summed E-state index contributed by atoms with van der Waals surface area (Å²) in [6.45, 7) is 4.93. The molecule has 0 unspecified atom stereocenters. The quantitative estimate of drug-likeness (QED) is 0.403. The summed E-state index contributed by atoms with van der Waals surface area (Å²) >= 11 is 0. The number of halogens is 1. The third kappa shape index (κ3) is 7.15. The minimum absolute atomic E-state index is 0.171. The maximum absolute atomic E-state index is 11.9. The van der Waals surface area contributed by atoms with Crippen LogP contribution in [0.1, 0.15) is 13.3 Å². The summed E-state index contributed by atoms with van der Waals surface area (Å²) in [5, 5.41) is 0. The number of hydrogen-bond acceptors (Lipinski definition) is 0. The third-order valence-corrected chi connectivity index (χ3v) is 0.765. The maximum atomic E-state index is 11.9. The molecule has 0 radical (unpaired) electrons. The highest BCUT2D eigenvalue weighted by atomic mass is 19.1. The van der Waals surface area contributed by atoms with Crippen molar-refractivity contribution in [1.29, 1.82) is 0 Å². The molecule has 0 saturated heterocycles. The topological polar surface area (TPSA) is 0 Å². The smallest absolute Gasteiger partial charge is 0.0968 e. The molecule has 0 amide bonds. The van der Waals surface area contributed by atoms with Crippen LogP contribution in [0.5, 0.6) is 0 Å². The molecule has 0 nitrogen and oxygen atoms in total. The van der Waals surface area contributed by atoms with Gasteiger partial charge >= 0.3 is 0 Å². The molecule has 0 aromatic rings. The Morgan fingerprint density at radius 2 is 2.33 bits per heavy atom. The van der Waals surface area contributed by atoms with E-state index in [-0.39, 0.29) is 5.83 Å². The zero-order valence-corrected chi connectivity index (χ0v) is 5.60. The van der Waals surface area contributed by atoms with E-state index < -0.39 is 0 Å². The first kappa shape index (κ1) is 8.15. The molecule has 0 spiro atoms. The first-order chi connectivity index (χ1) is 4.27. The summed E-state index contributed by atoms with van der Waals surface area (Å²) in [6.07, 6.45) is 7.50. The second kappa shape index (κ2) is 5.29. The van der Waals surface area contributed by atoms with Crippen LogP contribution in [0.15, 0.2) is 36.7 Å². The average molecular weight is 126 g/mol. The molecule has 50 valence electrons. The van der Waals surface area contributed by atoms with E-state index >= 15 is 0 Å². The Labute approximate surface area is 55.4 Å². The molecule has 0 N–H and O–H groups in total. The Hall–Kier alpha value is -0.850. The monoisotopic (exact) mass is 126 g/mol. The molecule has 9 heavy (non-hydrogen) atoms. The highest BCUT2D eigenvalue weighted by molar-refractivity contribution is 5.06. The molecule has 0 aromatic carbocycles. The lowest BCUT2D eigenvalue weighted by molar-refractivity contribution is 0.640. The van der Waals surface area contributed by atoms with E-state index in [1.165, 1.54) is 13.0 Å². The normalized spacial score (nSPS) is 12.4. The fraction of sp³-hybridized carbons (Fsp3) is 0.250. The number of rotatable bonds is 3. The van der Waals surface area contributed by atoms with E-state index in [2.05, 4.69) is 6.58 Å². The van der Waals surface area contributed by atoms with Crippen LogP contribution in [0, 0.1) is 0 Å². The van der Waals surface area contributed by atoms with Crippen LogP contribution in [-0.2, 0) is 0 Å². The molecular weight excluding hydrogens is 115 g/mol. The Kier molecular flexibility index (Phi) is 4.79. The van der Waals surface area contributed by atoms with Crippen molar-refractivity contribution in [3.63, 3.8) is 0 Å². The van der Waals surface area contributed by atoms with Gasteiger partial charge in [0.15, 0.2) is 0 Å². The third-order valence-electron chi connectivity index (χ3n) is 0.765. The molecule has 1 heteroatoms. The van der Waals surface area contributed by atoms with Crippen LogP contribution >= 0.6 is 0 Å². The zero-order chi connectivity index (χ0) is 7.11. The predicted octanol–water partition coefficient (Wildman–Crippen LogP) is 2.99. The Morgan fingerprint density at radius 3 is 2.78 bits per heavy atom. The van der Waals surface area contributed by atoms with Crippen LogP contribution in [0.2, 0.25) is 0 Å². The van der Waals surface area contributed by atoms with Crippen molar-refractivity contribution in [3.05, 3.63) is 36.7 Å². The van der Waals surface area contributed by atoms with Crippen LogP contribution in [0.25, 0.3) is 0 Å². The minimum atomic E-state index is -0.171. The zero-order valence-electron chi connectivity index (χ0n) is 5.60. The van der Waals surface area contributed by atoms with E-state index in [1.807, 2.05) is 6.08 Å². The van der Waals surface area contributed by atoms with Gasteiger partial charge in [-0.05, 0) is 19.4 Å². The van der Waals surface area contributed by atoms with Crippen molar-refractivity contribution in [2.75, 3.05) is 0 Å². The van der Waals surface area contributed by atoms with E-state index in [0.717, 1.165) is 6.42 Å². The molecule has 0 saturated carbocycles. The van der Waals surface area contributed by atoms with Crippen molar-refractivity contribution >= 4 is 0 Å². The lowest BCUT2D eigenvalue weighted by Gasteiger charge is -1.77. The molecular formula is C8H11F. The average Bonchev–Trinajstić information content (AvgIpc) is 1.80. The largest absolute Gasteiger partial charge is 0.212 e. The summed E-state index contributed by atoms with van der Waals surface area (Å²) in [7, 11) is 0. The Bertz CT molecular complexity index is 128. The van der Waals surface area contributed by atoms with Gasteiger partial charge in [-0.1, -0.05) is 18.2 Å². The molecule has 0 aliphatic carbocycles. The summed E-state index contributed by atoms with van der Waals surface area (Å²) in [4.78, 5) is 0. The van der Waals surface area contributed by atoms with E-state index in [0.29, 0.717) is 0 Å². The van der Waals surface area contributed by atoms with E-state index in [9.17, 15) is 4.39 Å². The Morgan fingerprint density at radius 1 is 1.67 bits per heavy atom. The van der Waals surface area contributed by atoms with Crippen molar-refractivity contribution in [2.24, 2.45) is 0 Å². The van der Waals surface area contributed by atoms with Gasteiger partial charge in [0.05, 0.1) is 5.83 Å². The second-order valence-electron chi connectivity index (χ2n) is 1.71. The minimum Gasteiger partial charge on any atom is -0.212 e. The van der Waals surface area contributed by atoms with Gasteiger partial charge < -0.3 is 0 Å². The first-order valence-corrected chi connectivity index (χ1v) is 2.87. The van der Waals surface area contributed by atoms with Gasteiger partial charge in [0.1, 0.15) is 0 Å². The van der Waals surface area contributed by atoms with Gasteiger partial charge in [0, 0.05) is 0 Å². The molecule has 0 fully saturated rings. The highest BCUT2D eigenvalue weighted by Gasteiger charge is 1.73. The predicted molar refractivity (Wildman–Crippen MR) is 38.8 cm³/mol. The SMILES string of the molecule is C=CC/C=C\C=C(/C)F. The highest BCUT2D eigenvalue weighted by Crippen LogP contribution is 1.93. The number of hydrogen-bond donors (Lipinski definition) is 0. The van der Waals surface area contributed by atoms with Crippen LogP contribution in [0.4, 0.5) is 4.39 Å². The van der Waals surface area contributed by atoms with E-state index in [4.69, 9.17) is 0 Å². The van der Waals surface area contributed by atoms with Crippen LogP contribution in [-0.4, -0.2) is 0 Å². The molecule has 0 aliphatic rings. The van der Waals surface area contributed by atoms with Gasteiger partial charge in [0.2, 0.25) is 0 Å². The van der Waals surface area contributed by atoms with Crippen molar-refractivity contribution in [3.8, 4) is 0 Å². The van der Waals surface area contributed by atoms with Gasteiger partial charge in [-0.3, -0.25) is 0 Å². The summed E-state index contributed by atoms with van der Waals surface area (Å²) in [5.41, 5.74) is 0. The molecule has 0 bridgehead atoms. The second-order valence-corrected chi connectivity index (χ2v) is 1.71. The summed E-state index contributed by atoms with van der Waals surface area (Å²) in [6, 6.07) is 0. The summed E-state index contributed by atoms with van der Waals surface area (Å²) < 4.78 is 11.9. The maximum Gasteiger partial charge on any atom is 0.0968 e. The fourth-order valence-electron chi connectivity index (χ4n) is 0.375. The van der Waals surface area contributed by atoms with E-state index in [1.54, 1.807) is 12.2 Å². The van der Waals surface area contributed by atoms with Gasteiger partial charge in [0.25, 0.3) is 0 Å². The molecule has 0 aromatic heterocycles. The fourth-order valence-corrected chi connectivity index (χ4v) is 0.375. The number of allylic oxidation sites excluding steroid dienone is 5. The summed E-state index contributed by atoms with van der Waals surface area (Å²) in [5.74, 6) is -0.171. The molecule has 0 atom stereocenters. The molecule has 0 heterocycles. The van der Waals surface area contributed by atoms with Gasteiger partial charge in [-0.2, -0.15) is 0 Å². The molecule has 0 rings (SSSR count). The van der Waals surface area contributed by atoms with Crippen LogP contribution < -0.4 is 0 Å². The molecule has 0 aliphatic heterocycles. The van der Waals surface area contributed by atoms with Crippen molar-refractivity contribution in [1.82, 2.24) is 0 Å². The van der Waals surface area contributed by atoms with Crippen molar-refractivity contribution in [2.45, 2.75) is 13.3 Å². The van der Waals surface area contributed by atoms with Crippen molar-refractivity contribution < 1.29 is 4.39 Å². The lowest BCUT2D eigenvalue weighted by atomic mass is 10.3. The van der Waals surface area contributed by atoms with Gasteiger partial charge in [-0.15, -0.1) is 6.58 Å².